The number of hydrogen-bond donors (Lipinski definition) is 4. The van der Waals surface area contributed by atoms with Crippen LogP contribution in [0.4, 0.5) is 0 Å². The lowest BCUT2D eigenvalue weighted by molar-refractivity contribution is 0.0703. The number of rotatable bonds is 1. The molecule has 0 aliphatic carbocycles. The zero-order chi connectivity index (χ0) is 9.14. The number of carbonyl (C=O) groups excluding carboxylic acids is 1. The van der Waals surface area contributed by atoms with Crippen molar-refractivity contribution in [2.45, 2.75) is 0 Å². The lowest BCUT2D eigenvalue weighted by Crippen LogP contribution is -2.18. The minimum absolute atomic E-state index is 0.183. The van der Waals surface area contributed by atoms with Gasteiger partial charge in [0.05, 0.1) is 5.56 Å². The maximum atomic E-state index is 10.8. The van der Waals surface area contributed by atoms with Gasteiger partial charge in [-0.25, -0.2) is 5.48 Å². The standard InChI is InChI=1S/C7H7NO4/c9-5-3-1-2-4(6(5)10)7(11)8-12/h1-3,9-10,12H,(H,8,11). The molecule has 5 heteroatoms. The Morgan fingerprint density at radius 2 is 2.00 bits per heavy atom. The summed E-state index contributed by atoms with van der Waals surface area (Å²) < 4.78 is 0. The van der Waals surface area contributed by atoms with Gasteiger partial charge in [0, 0.05) is 0 Å². The van der Waals surface area contributed by atoms with Crippen LogP contribution in [0.5, 0.6) is 11.5 Å². The molecule has 0 aromatic heterocycles. The average Bonchev–Trinajstić information content (AvgIpc) is 2.08. The van der Waals surface area contributed by atoms with Crippen molar-refractivity contribution in [3.63, 3.8) is 0 Å². The number of aromatic hydroxyl groups is 2. The summed E-state index contributed by atoms with van der Waals surface area (Å²) >= 11 is 0. The average molecular weight is 169 g/mol. The summed E-state index contributed by atoms with van der Waals surface area (Å²) in [6.07, 6.45) is 0. The first-order chi connectivity index (χ1) is 5.66. The first-order valence-corrected chi connectivity index (χ1v) is 3.12. The molecule has 1 aromatic carbocycles. The fraction of sp³-hybridized carbons (Fsp3) is 0. The van der Waals surface area contributed by atoms with Crippen LogP contribution in [-0.2, 0) is 0 Å². The molecule has 0 heterocycles. The summed E-state index contributed by atoms with van der Waals surface area (Å²) in [6.45, 7) is 0. The topological polar surface area (TPSA) is 89.8 Å². The zero-order valence-corrected chi connectivity index (χ0v) is 5.98. The number of carbonyl (C=O) groups is 1. The molecule has 0 unspecified atom stereocenters. The molecule has 4 N–H and O–H groups in total. The van der Waals surface area contributed by atoms with Gasteiger partial charge in [-0.2, -0.15) is 0 Å². The van der Waals surface area contributed by atoms with Crippen molar-refractivity contribution in [2.75, 3.05) is 0 Å². The Kier molecular flexibility index (Phi) is 2.16. The SMILES string of the molecule is O=C(NO)c1cccc(O)c1O. The summed E-state index contributed by atoms with van der Waals surface area (Å²) in [7, 11) is 0. The number of amides is 1. The highest BCUT2D eigenvalue weighted by Crippen LogP contribution is 2.27. The Labute approximate surface area is 67.8 Å². The van der Waals surface area contributed by atoms with E-state index in [-0.39, 0.29) is 5.56 Å². The molecule has 0 atom stereocenters. The maximum absolute atomic E-state index is 10.8. The molecule has 5 nitrogen and oxygen atoms in total. The van der Waals surface area contributed by atoms with Crippen LogP contribution in [0, 0.1) is 0 Å². The molecule has 0 bridgehead atoms. The highest BCUT2D eigenvalue weighted by Gasteiger charge is 2.12. The molecule has 0 aliphatic heterocycles. The van der Waals surface area contributed by atoms with E-state index in [1.165, 1.54) is 23.7 Å². The first-order valence-electron chi connectivity index (χ1n) is 3.12. The zero-order valence-electron chi connectivity index (χ0n) is 5.98. The monoisotopic (exact) mass is 169 g/mol. The van der Waals surface area contributed by atoms with Crippen LogP contribution in [-0.4, -0.2) is 21.3 Å². The van der Waals surface area contributed by atoms with Gasteiger partial charge in [0.2, 0.25) is 0 Å². The minimum atomic E-state index is -0.872. The number of benzene rings is 1. The molecule has 0 spiro atoms. The minimum Gasteiger partial charge on any atom is -0.504 e. The van der Waals surface area contributed by atoms with E-state index in [1.807, 2.05) is 0 Å². The molecule has 0 fully saturated rings. The predicted molar refractivity (Wildman–Crippen MR) is 39.0 cm³/mol. The summed E-state index contributed by atoms with van der Waals surface area (Å²) in [6, 6.07) is 3.86. The van der Waals surface area contributed by atoms with Gasteiger partial charge in [0.1, 0.15) is 0 Å². The van der Waals surface area contributed by atoms with Crippen molar-refractivity contribution in [2.24, 2.45) is 0 Å². The van der Waals surface area contributed by atoms with Gasteiger partial charge in [0.25, 0.3) is 5.91 Å². The molecule has 64 valence electrons. The van der Waals surface area contributed by atoms with E-state index in [0.29, 0.717) is 0 Å². The molecular formula is C7H7NO4. The second-order valence-electron chi connectivity index (χ2n) is 2.11. The predicted octanol–water partition coefficient (Wildman–Crippen LogP) is 0.217. The van der Waals surface area contributed by atoms with E-state index in [1.54, 1.807) is 0 Å². The number of phenolic OH excluding ortho intramolecular Hbond substituents is 2. The van der Waals surface area contributed by atoms with Crippen molar-refractivity contribution in [1.82, 2.24) is 5.48 Å². The fourth-order valence-corrected chi connectivity index (χ4v) is 0.775. The molecule has 1 aromatic rings. The van der Waals surface area contributed by atoms with E-state index in [9.17, 15) is 4.79 Å². The molecule has 1 rings (SSSR count). The molecule has 12 heavy (non-hydrogen) atoms. The number of hydroxylamine groups is 1. The normalized spacial score (nSPS) is 9.42. The van der Waals surface area contributed by atoms with Gasteiger partial charge in [-0.05, 0) is 12.1 Å². The van der Waals surface area contributed by atoms with Crippen molar-refractivity contribution in [3.05, 3.63) is 23.8 Å². The number of nitrogens with one attached hydrogen (secondary N) is 1. The van der Waals surface area contributed by atoms with E-state index in [2.05, 4.69) is 0 Å². The molecule has 1 amide bonds. The van der Waals surface area contributed by atoms with Crippen molar-refractivity contribution in [1.29, 1.82) is 0 Å². The smallest absolute Gasteiger partial charge is 0.278 e. The quantitative estimate of drug-likeness (QED) is 0.275. The Morgan fingerprint density at radius 1 is 1.33 bits per heavy atom. The van der Waals surface area contributed by atoms with Crippen molar-refractivity contribution in [3.8, 4) is 11.5 Å². The summed E-state index contributed by atoms with van der Waals surface area (Å²) in [4.78, 5) is 10.8. The van der Waals surface area contributed by atoms with E-state index in [4.69, 9.17) is 15.4 Å². The van der Waals surface area contributed by atoms with Crippen LogP contribution in [0.3, 0.4) is 0 Å². The third-order valence-electron chi connectivity index (χ3n) is 1.36. The van der Waals surface area contributed by atoms with Crippen LogP contribution in [0.25, 0.3) is 0 Å². The van der Waals surface area contributed by atoms with Crippen LogP contribution < -0.4 is 5.48 Å². The van der Waals surface area contributed by atoms with Crippen LogP contribution in [0.1, 0.15) is 10.4 Å². The van der Waals surface area contributed by atoms with Gasteiger partial charge >= 0.3 is 0 Å². The highest BCUT2D eigenvalue weighted by molar-refractivity contribution is 5.96. The van der Waals surface area contributed by atoms with Gasteiger partial charge in [-0.3, -0.25) is 10.0 Å². The summed E-state index contributed by atoms with van der Waals surface area (Å²) in [5.74, 6) is -1.83. The molecule has 0 aliphatic rings. The Balaban J connectivity index is 3.16. The maximum Gasteiger partial charge on any atom is 0.278 e. The molecule has 0 saturated carbocycles. The summed E-state index contributed by atoms with van der Waals surface area (Å²) in [5, 5.41) is 26.2. The Bertz CT molecular complexity index is 310. The first kappa shape index (κ1) is 8.35. The number of para-hydroxylation sites is 1. The fourth-order valence-electron chi connectivity index (χ4n) is 0.775. The van der Waals surface area contributed by atoms with Gasteiger partial charge in [0.15, 0.2) is 11.5 Å². The molecular weight excluding hydrogens is 162 g/mol. The van der Waals surface area contributed by atoms with E-state index >= 15 is 0 Å². The lowest BCUT2D eigenvalue weighted by Gasteiger charge is -2.02. The highest BCUT2D eigenvalue weighted by atomic mass is 16.5. The van der Waals surface area contributed by atoms with Crippen LogP contribution >= 0.6 is 0 Å². The third kappa shape index (κ3) is 1.30. The van der Waals surface area contributed by atoms with E-state index in [0.717, 1.165) is 0 Å². The second kappa shape index (κ2) is 3.10. The van der Waals surface area contributed by atoms with Gasteiger partial charge in [-0.15, -0.1) is 0 Å². The second-order valence-corrected chi connectivity index (χ2v) is 2.11. The molecule has 0 radical (unpaired) electrons. The largest absolute Gasteiger partial charge is 0.504 e. The van der Waals surface area contributed by atoms with Crippen LogP contribution in [0.15, 0.2) is 18.2 Å². The molecule has 0 saturated heterocycles. The van der Waals surface area contributed by atoms with Crippen molar-refractivity contribution < 1.29 is 20.2 Å². The van der Waals surface area contributed by atoms with Crippen LogP contribution in [0.2, 0.25) is 0 Å². The van der Waals surface area contributed by atoms with E-state index < -0.39 is 17.4 Å². The summed E-state index contributed by atoms with van der Waals surface area (Å²) in [5.41, 5.74) is 1.16. The Morgan fingerprint density at radius 3 is 2.58 bits per heavy atom. The lowest BCUT2D eigenvalue weighted by atomic mass is 10.2. The van der Waals surface area contributed by atoms with Gasteiger partial charge < -0.3 is 10.2 Å². The van der Waals surface area contributed by atoms with Gasteiger partial charge in [-0.1, -0.05) is 6.07 Å². The number of hydrogen-bond acceptors (Lipinski definition) is 4. The van der Waals surface area contributed by atoms with Crippen molar-refractivity contribution >= 4 is 5.91 Å². The number of phenols is 2. The third-order valence-corrected chi connectivity index (χ3v) is 1.36. The Hall–Kier alpha value is -1.75.